The van der Waals surface area contributed by atoms with Gasteiger partial charge in [0.15, 0.2) is 5.16 Å². The van der Waals surface area contributed by atoms with Crippen molar-refractivity contribution in [1.82, 2.24) is 15.3 Å². The molecule has 1 aliphatic rings. The van der Waals surface area contributed by atoms with Gasteiger partial charge in [-0.25, -0.2) is 9.97 Å². The molecule has 1 fully saturated rings. The zero-order chi connectivity index (χ0) is 14.8. The average Bonchev–Trinajstić information content (AvgIpc) is 3.20. The molecule has 1 aromatic rings. The Morgan fingerprint density at radius 3 is 2.55 bits per heavy atom. The van der Waals surface area contributed by atoms with Gasteiger partial charge in [0.05, 0.1) is 0 Å². The summed E-state index contributed by atoms with van der Waals surface area (Å²) in [4.78, 5) is 20.3. The fourth-order valence-corrected chi connectivity index (χ4v) is 3.35. The van der Waals surface area contributed by atoms with Crippen LogP contribution in [0, 0.1) is 12.8 Å². The lowest BCUT2D eigenvalue weighted by Crippen LogP contribution is -2.58. The second-order valence-electron chi connectivity index (χ2n) is 5.68. The maximum atomic E-state index is 11.8. The molecule has 1 atom stereocenters. The van der Waals surface area contributed by atoms with Crippen molar-refractivity contribution in [2.24, 2.45) is 5.92 Å². The third-order valence-electron chi connectivity index (χ3n) is 3.39. The van der Waals surface area contributed by atoms with Crippen molar-refractivity contribution in [3.8, 4) is 0 Å². The Morgan fingerprint density at radius 2 is 2.10 bits per heavy atom. The Labute approximate surface area is 123 Å². The molecule has 0 amide bonds. The first-order valence-electron chi connectivity index (χ1n) is 6.86. The summed E-state index contributed by atoms with van der Waals surface area (Å²) < 4.78 is 0. The number of aliphatic carboxylic acids is 1. The van der Waals surface area contributed by atoms with E-state index in [4.69, 9.17) is 0 Å². The Balaban J connectivity index is 2.11. The molecule has 1 heterocycles. The zero-order valence-corrected chi connectivity index (χ0v) is 12.9. The molecular weight excluding hydrogens is 274 g/mol. The molecule has 0 radical (unpaired) electrons. The first-order valence-corrected chi connectivity index (χ1v) is 7.85. The van der Waals surface area contributed by atoms with Gasteiger partial charge in [-0.1, -0.05) is 11.8 Å². The average molecular weight is 295 g/mol. The quantitative estimate of drug-likeness (QED) is 0.593. The summed E-state index contributed by atoms with van der Waals surface area (Å²) in [6, 6.07) is 0.131. The van der Waals surface area contributed by atoms with Gasteiger partial charge in [-0.2, -0.15) is 0 Å². The van der Waals surface area contributed by atoms with E-state index in [2.05, 4.69) is 15.3 Å². The third kappa shape index (κ3) is 3.49. The third-order valence-corrected chi connectivity index (χ3v) is 4.46. The first-order chi connectivity index (χ1) is 9.44. The summed E-state index contributed by atoms with van der Waals surface area (Å²) >= 11 is 1.41. The van der Waals surface area contributed by atoms with Gasteiger partial charge >= 0.3 is 5.97 Å². The number of carbonyl (C=O) groups is 1. The van der Waals surface area contributed by atoms with E-state index in [1.807, 2.05) is 20.8 Å². The van der Waals surface area contributed by atoms with Crippen LogP contribution in [-0.2, 0) is 4.79 Å². The molecule has 0 aromatic carbocycles. The maximum Gasteiger partial charge on any atom is 0.325 e. The fourth-order valence-electron chi connectivity index (χ4n) is 2.30. The van der Waals surface area contributed by atoms with E-state index in [1.54, 1.807) is 12.4 Å². The highest BCUT2D eigenvalue weighted by atomic mass is 32.2. The van der Waals surface area contributed by atoms with Crippen LogP contribution in [0.4, 0.5) is 0 Å². The molecule has 2 N–H and O–H groups in total. The van der Waals surface area contributed by atoms with Crippen LogP contribution in [0.1, 0.15) is 32.3 Å². The SMILES string of the molecule is Cc1cnc(SCC(NC(C)C)(C(=O)O)C2CC2)nc1. The molecule has 0 spiro atoms. The lowest BCUT2D eigenvalue weighted by molar-refractivity contribution is -0.145. The molecule has 1 unspecified atom stereocenters. The first kappa shape index (κ1) is 15.3. The van der Waals surface area contributed by atoms with Crippen LogP contribution in [0.15, 0.2) is 17.6 Å². The summed E-state index contributed by atoms with van der Waals surface area (Å²) in [7, 11) is 0. The van der Waals surface area contributed by atoms with E-state index in [1.165, 1.54) is 11.8 Å². The number of nitrogens with one attached hydrogen (secondary N) is 1. The number of hydrogen-bond acceptors (Lipinski definition) is 5. The van der Waals surface area contributed by atoms with Gasteiger partial charge in [-0.05, 0) is 45.1 Å². The number of aryl methyl sites for hydroxylation is 1. The summed E-state index contributed by atoms with van der Waals surface area (Å²) in [5.74, 6) is -0.109. The maximum absolute atomic E-state index is 11.8. The standard InChI is InChI=1S/C14H21N3O2S/c1-9(2)17-14(12(18)19,11-4-5-11)8-20-13-15-6-10(3)7-16-13/h6-7,9,11,17H,4-5,8H2,1-3H3,(H,18,19). The smallest absolute Gasteiger partial charge is 0.325 e. The van der Waals surface area contributed by atoms with Gasteiger partial charge in [0, 0.05) is 24.2 Å². The Morgan fingerprint density at radius 1 is 1.50 bits per heavy atom. The van der Waals surface area contributed by atoms with Crippen molar-refractivity contribution in [2.75, 3.05) is 5.75 Å². The van der Waals surface area contributed by atoms with Gasteiger partial charge in [0.2, 0.25) is 0 Å². The molecule has 6 heteroatoms. The second-order valence-corrected chi connectivity index (χ2v) is 6.62. The fraction of sp³-hybridized carbons (Fsp3) is 0.643. The van der Waals surface area contributed by atoms with Crippen LogP contribution in [0.25, 0.3) is 0 Å². The molecule has 0 aliphatic heterocycles. The monoisotopic (exact) mass is 295 g/mol. The van der Waals surface area contributed by atoms with Crippen molar-refractivity contribution in [3.05, 3.63) is 18.0 Å². The zero-order valence-electron chi connectivity index (χ0n) is 12.1. The van der Waals surface area contributed by atoms with Crippen molar-refractivity contribution >= 4 is 17.7 Å². The van der Waals surface area contributed by atoms with Gasteiger partial charge < -0.3 is 5.11 Å². The predicted octanol–water partition coefficient (Wildman–Crippen LogP) is 2.11. The lowest BCUT2D eigenvalue weighted by atomic mass is 9.94. The van der Waals surface area contributed by atoms with E-state index in [0.29, 0.717) is 10.9 Å². The van der Waals surface area contributed by atoms with Gasteiger partial charge in [-0.3, -0.25) is 10.1 Å². The molecule has 5 nitrogen and oxygen atoms in total. The summed E-state index contributed by atoms with van der Waals surface area (Å²) in [5.41, 5.74) is 0.133. The number of carboxylic acid groups (broad SMARTS) is 1. The molecule has 0 saturated heterocycles. The molecule has 1 aliphatic carbocycles. The van der Waals surface area contributed by atoms with E-state index in [-0.39, 0.29) is 12.0 Å². The number of rotatable bonds is 7. The van der Waals surface area contributed by atoms with Crippen LogP contribution >= 0.6 is 11.8 Å². The minimum Gasteiger partial charge on any atom is -0.480 e. The molecule has 1 saturated carbocycles. The van der Waals surface area contributed by atoms with Crippen molar-refractivity contribution < 1.29 is 9.90 Å². The van der Waals surface area contributed by atoms with E-state index >= 15 is 0 Å². The topological polar surface area (TPSA) is 75.1 Å². The van der Waals surface area contributed by atoms with E-state index < -0.39 is 11.5 Å². The Kier molecular flexibility index (Phi) is 4.65. The van der Waals surface area contributed by atoms with Crippen LogP contribution in [0.3, 0.4) is 0 Å². The van der Waals surface area contributed by atoms with Crippen LogP contribution < -0.4 is 5.32 Å². The Hall–Kier alpha value is -1.14. The number of thioether (sulfide) groups is 1. The van der Waals surface area contributed by atoms with Crippen LogP contribution in [-0.4, -0.2) is 38.4 Å². The van der Waals surface area contributed by atoms with E-state index in [9.17, 15) is 9.90 Å². The minimum absolute atomic E-state index is 0.131. The largest absolute Gasteiger partial charge is 0.480 e. The number of aromatic nitrogens is 2. The highest BCUT2D eigenvalue weighted by Crippen LogP contribution is 2.42. The molecule has 2 rings (SSSR count). The second kappa shape index (κ2) is 6.10. The molecular formula is C14H21N3O2S. The number of hydrogen-bond donors (Lipinski definition) is 2. The molecule has 0 bridgehead atoms. The van der Waals surface area contributed by atoms with Crippen molar-refractivity contribution in [3.63, 3.8) is 0 Å². The van der Waals surface area contributed by atoms with Gasteiger partial charge in [0.25, 0.3) is 0 Å². The van der Waals surface area contributed by atoms with Gasteiger partial charge in [0.1, 0.15) is 5.54 Å². The van der Waals surface area contributed by atoms with Crippen LogP contribution in [0.2, 0.25) is 0 Å². The summed E-state index contributed by atoms with van der Waals surface area (Å²) in [6.07, 6.45) is 5.46. The predicted molar refractivity (Wildman–Crippen MR) is 78.9 cm³/mol. The van der Waals surface area contributed by atoms with Gasteiger partial charge in [-0.15, -0.1) is 0 Å². The van der Waals surface area contributed by atoms with E-state index in [0.717, 1.165) is 18.4 Å². The number of carboxylic acids is 1. The molecule has 1 aromatic heterocycles. The Bertz CT molecular complexity index is 474. The normalized spacial score (nSPS) is 18.0. The van der Waals surface area contributed by atoms with Crippen molar-refractivity contribution in [1.29, 1.82) is 0 Å². The summed E-state index contributed by atoms with van der Waals surface area (Å²) in [5, 5.41) is 13.6. The van der Waals surface area contributed by atoms with Crippen molar-refractivity contribution in [2.45, 2.75) is 50.4 Å². The highest BCUT2D eigenvalue weighted by molar-refractivity contribution is 7.99. The molecule has 110 valence electrons. The minimum atomic E-state index is -0.868. The van der Waals surface area contributed by atoms with Crippen LogP contribution in [0.5, 0.6) is 0 Å². The highest BCUT2D eigenvalue weighted by Gasteiger charge is 2.51. The lowest BCUT2D eigenvalue weighted by Gasteiger charge is -2.32. The summed E-state index contributed by atoms with van der Waals surface area (Å²) in [6.45, 7) is 5.89. The molecule has 20 heavy (non-hydrogen) atoms. The number of nitrogens with zero attached hydrogens (tertiary/aromatic N) is 2.